The Labute approximate surface area is 172 Å². The van der Waals surface area contributed by atoms with Gasteiger partial charge < -0.3 is 14.4 Å². The molecule has 2 aliphatic rings. The van der Waals surface area contributed by atoms with Crippen LogP contribution in [0.25, 0.3) is 0 Å². The monoisotopic (exact) mass is 392 g/mol. The molecule has 4 rings (SSSR count). The number of esters is 1. The van der Waals surface area contributed by atoms with Crippen LogP contribution in [0.5, 0.6) is 5.75 Å². The highest BCUT2D eigenvalue weighted by atomic mass is 16.5. The normalized spacial score (nSPS) is 24.0. The van der Waals surface area contributed by atoms with E-state index in [9.17, 15) is 4.79 Å². The molecule has 5 nitrogen and oxygen atoms in total. The fraction of sp³-hybridized carbons (Fsp3) is 0.417. The average Bonchev–Trinajstić information content (AvgIpc) is 3.05. The molecule has 1 saturated heterocycles. The number of allylic oxidation sites excluding steroid dienone is 1. The van der Waals surface area contributed by atoms with E-state index in [1.54, 1.807) is 25.4 Å². The Balaban J connectivity index is 1.60. The van der Waals surface area contributed by atoms with Crippen molar-refractivity contribution in [2.24, 2.45) is 0 Å². The molecule has 0 spiro atoms. The largest absolute Gasteiger partial charge is 0.496 e. The third kappa shape index (κ3) is 3.44. The number of likely N-dealkylation sites (N-methyl/N-ethyl adjacent to an activating group) is 1. The first-order valence-corrected chi connectivity index (χ1v) is 10.1. The summed E-state index contributed by atoms with van der Waals surface area (Å²) in [7, 11) is 3.87. The van der Waals surface area contributed by atoms with Crippen molar-refractivity contribution in [2.75, 3.05) is 20.7 Å². The van der Waals surface area contributed by atoms with Gasteiger partial charge >= 0.3 is 5.97 Å². The third-order valence-electron chi connectivity index (χ3n) is 6.59. The third-order valence-corrected chi connectivity index (χ3v) is 6.59. The number of nitrogens with zero attached hydrogens (tertiary/aromatic N) is 2. The first kappa shape index (κ1) is 19.6. The van der Waals surface area contributed by atoms with Crippen LogP contribution in [0.15, 0.2) is 48.4 Å². The lowest BCUT2D eigenvalue weighted by Crippen LogP contribution is -2.43. The highest BCUT2D eigenvalue weighted by Gasteiger charge is 2.49. The number of carbonyl (C=O) groups excluding carboxylic acids is 1. The summed E-state index contributed by atoms with van der Waals surface area (Å²) < 4.78 is 11.2. The van der Waals surface area contributed by atoms with Crippen LogP contribution in [-0.2, 0) is 10.2 Å². The van der Waals surface area contributed by atoms with E-state index >= 15 is 0 Å². The van der Waals surface area contributed by atoms with Gasteiger partial charge in [0.05, 0.1) is 18.4 Å². The molecule has 0 radical (unpaired) electrons. The minimum Gasteiger partial charge on any atom is -0.496 e. The van der Waals surface area contributed by atoms with Gasteiger partial charge in [0.15, 0.2) is 0 Å². The van der Waals surface area contributed by atoms with Crippen molar-refractivity contribution in [3.63, 3.8) is 0 Å². The molecule has 2 aromatic rings. The number of aryl methyl sites for hydroxylation is 2. The topological polar surface area (TPSA) is 51.7 Å². The van der Waals surface area contributed by atoms with Gasteiger partial charge in [-0.1, -0.05) is 12.1 Å². The molecule has 0 bridgehead atoms. The van der Waals surface area contributed by atoms with E-state index in [-0.39, 0.29) is 11.4 Å². The van der Waals surface area contributed by atoms with Gasteiger partial charge in [-0.3, -0.25) is 4.98 Å². The Morgan fingerprint density at radius 3 is 2.83 bits per heavy atom. The second-order valence-corrected chi connectivity index (χ2v) is 8.19. The molecule has 2 unspecified atom stereocenters. The smallest absolute Gasteiger partial charge is 0.345 e. The van der Waals surface area contributed by atoms with Crippen molar-refractivity contribution in [1.82, 2.24) is 9.88 Å². The lowest BCUT2D eigenvalue weighted by atomic mass is 9.68. The van der Waals surface area contributed by atoms with E-state index in [0.29, 0.717) is 17.3 Å². The molecule has 152 valence electrons. The molecule has 1 aliphatic heterocycles. The number of hydrogen-bond donors (Lipinski definition) is 0. The van der Waals surface area contributed by atoms with Crippen LogP contribution in [0.4, 0.5) is 0 Å². The number of hydrogen-bond acceptors (Lipinski definition) is 5. The van der Waals surface area contributed by atoms with Gasteiger partial charge in [-0.25, -0.2) is 4.79 Å². The van der Waals surface area contributed by atoms with E-state index < -0.39 is 0 Å². The Morgan fingerprint density at radius 2 is 2.10 bits per heavy atom. The molecule has 1 aromatic heterocycles. The zero-order valence-electron chi connectivity index (χ0n) is 17.6. The Morgan fingerprint density at radius 1 is 1.28 bits per heavy atom. The second-order valence-electron chi connectivity index (χ2n) is 8.19. The summed E-state index contributed by atoms with van der Waals surface area (Å²) in [5.74, 6) is 1.36. The summed E-state index contributed by atoms with van der Waals surface area (Å²) in [5.41, 5.74) is 3.76. The number of methoxy groups -OCH3 is 1. The fourth-order valence-electron chi connectivity index (χ4n) is 4.88. The molecule has 29 heavy (non-hydrogen) atoms. The van der Waals surface area contributed by atoms with E-state index in [1.165, 1.54) is 5.56 Å². The number of fused-ring (bicyclic) bond motifs is 1. The number of pyridine rings is 1. The lowest BCUT2D eigenvalue weighted by molar-refractivity contribution is 0.0578. The SMILES string of the molecule is COc1ccc(C23CC=C(OC(=O)c4cccnc4C)CC2N(C)CC3)cc1C. The first-order valence-electron chi connectivity index (χ1n) is 10.1. The van der Waals surface area contributed by atoms with E-state index in [4.69, 9.17) is 9.47 Å². The quantitative estimate of drug-likeness (QED) is 0.731. The van der Waals surface area contributed by atoms with Crippen LogP contribution in [-0.4, -0.2) is 42.6 Å². The summed E-state index contributed by atoms with van der Waals surface area (Å²) in [4.78, 5) is 19.2. The molecule has 0 N–H and O–H groups in total. The molecule has 1 aliphatic carbocycles. The molecule has 0 amide bonds. The maximum atomic E-state index is 12.6. The summed E-state index contributed by atoms with van der Waals surface area (Å²) in [6, 6.07) is 10.4. The van der Waals surface area contributed by atoms with Crippen LogP contribution in [0, 0.1) is 13.8 Å². The molecule has 1 aromatic carbocycles. The van der Waals surface area contributed by atoms with Crippen LogP contribution in [0.1, 0.15) is 46.4 Å². The van der Waals surface area contributed by atoms with Gasteiger partial charge in [0.1, 0.15) is 11.5 Å². The van der Waals surface area contributed by atoms with E-state index in [0.717, 1.165) is 42.9 Å². The maximum Gasteiger partial charge on any atom is 0.345 e. The number of ether oxygens (including phenoxy) is 2. The number of aromatic nitrogens is 1. The molecule has 2 heterocycles. The van der Waals surface area contributed by atoms with Crippen LogP contribution < -0.4 is 4.74 Å². The summed E-state index contributed by atoms with van der Waals surface area (Å²) in [5, 5.41) is 0. The minimum atomic E-state index is -0.324. The summed E-state index contributed by atoms with van der Waals surface area (Å²) in [6.45, 7) is 4.95. The van der Waals surface area contributed by atoms with Gasteiger partial charge in [0.2, 0.25) is 0 Å². The average molecular weight is 392 g/mol. The van der Waals surface area contributed by atoms with E-state index in [1.807, 2.05) is 6.92 Å². The van der Waals surface area contributed by atoms with Crippen LogP contribution >= 0.6 is 0 Å². The van der Waals surface area contributed by atoms with Gasteiger partial charge in [0.25, 0.3) is 0 Å². The first-order chi connectivity index (χ1) is 13.9. The van der Waals surface area contributed by atoms with Crippen molar-refractivity contribution in [2.45, 2.75) is 44.6 Å². The molecular weight excluding hydrogens is 364 g/mol. The predicted molar refractivity (Wildman–Crippen MR) is 112 cm³/mol. The highest BCUT2D eigenvalue weighted by molar-refractivity contribution is 5.91. The zero-order valence-corrected chi connectivity index (χ0v) is 17.6. The van der Waals surface area contributed by atoms with Crippen molar-refractivity contribution in [3.05, 3.63) is 70.7 Å². The number of carbonyl (C=O) groups is 1. The number of likely N-dealkylation sites (tertiary alicyclic amines) is 1. The number of rotatable bonds is 4. The van der Waals surface area contributed by atoms with Crippen molar-refractivity contribution in [3.8, 4) is 5.75 Å². The zero-order chi connectivity index (χ0) is 20.6. The maximum absolute atomic E-state index is 12.6. The van der Waals surface area contributed by atoms with Crippen molar-refractivity contribution >= 4 is 5.97 Å². The highest BCUT2D eigenvalue weighted by Crippen LogP contribution is 2.48. The lowest BCUT2D eigenvalue weighted by Gasteiger charge is -2.41. The van der Waals surface area contributed by atoms with Crippen LogP contribution in [0.2, 0.25) is 0 Å². The molecule has 2 atom stereocenters. The van der Waals surface area contributed by atoms with Crippen LogP contribution in [0.3, 0.4) is 0 Å². The Kier molecular flexibility index (Phi) is 5.17. The number of benzene rings is 1. The molecule has 1 fully saturated rings. The predicted octanol–water partition coefficient (Wildman–Crippen LogP) is 4.18. The van der Waals surface area contributed by atoms with Crippen molar-refractivity contribution < 1.29 is 14.3 Å². The van der Waals surface area contributed by atoms with Gasteiger partial charge in [0, 0.05) is 24.1 Å². The fourth-order valence-corrected chi connectivity index (χ4v) is 4.88. The molecule has 5 heteroatoms. The van der Waals surface area contributed by atoms with Gasteiger partial charge in [-0.05, 0) is 75.7 Å². The van der Waals surface area contributed by atoms with Crippen molar-refractivity contribution in [1.29, 1.82) is 0 Å². The second kappa shape index (κ2) is 7.64. The minimum absolute atomic E-state index is 0.0475. The molecule has 0 saturated carbocycles. The van der Waals surface area contributed by atoms with E-state index in [2.05, 4.69) is 48.1 Å². The van der Waals surface area contributed by atoms with Gasteiger partial charge in [-0.2, -0.15) is 0 Å². The Bertz CT molecular complexity index is 968. The summed E-state index contributed by atoms with van der Waals surface area (Å²) in [6.07, 6.45) is 6.48. The summed E-state index contributed by atoms with van der Waals surface area (Å²) >= 11 is 0. The standard InChI is InChI=1S/C24H28N2O3/c1-16-14-18(7-8-21(16)28-4)24-10-9-19(15-22(24)26(3)13-11-24)29-23(27)20-6-5-12-25-17(20)2/h5-9,12,14,22H,10-11,13,15H2,1-4H3. The molecular formula is C24H28N2O3. The Hall–Kier alpha value is -2.66. The van der Waals surface area contributed by atoms with Gasteiger partial charge in [-0.15, -0.1) is 0 Å².